The van der Waals surface area contributed by atoms with Crippen molar-refractivity contribution in [2.24, 2.45) is 5.73 Å². The number of nitrogens with two attached hydrogens (primary N) is 1. The van der Waals surface area contributed by atoms with E-state index in [4.69, 9.17) is 15.2 Å². The molecule has 0 radical (unpaired) electrons. The van der Waals surface area contributed by atoms with Gasteiger partial charge in [-0.15, -0.1) is 12.4 Å². The van der Waals surface area contributed by atoms with Gasteiger partial charge in [0.05, 0.1) is 11.7 Å². The first-order valence-corrected chi connectivity index (χ1v) is 8.46. The Morgan fingerprint density at radius 1 is 1.32 bits per heavy atom. The molecule has 1 aliphatic carbocycles. The fourth-order valence-corrected chi connectivity index (χ4v) is 3.32. The second-order valence-corrected chi connectivity index (χ2v) is 6.37. The number of hydrogen-bond donors (Lipinski definition) is 2. The van der Waals surface area contributed by atoms with Gasteiger partial charge in [-0.1, -0.05) is 26.2 Å². The second-order valence-electron chi connectivity index (χ2n) is 6.37. The Kier molecular flexibility index (Phi) is 8.69. The minimum atomic E-state index is -0.328. The van der Waals surface area contributed by atoms with Crippen LogP contribution in [-0.2, 0) is 14.3 Å². The van der Waals surface area contributed by atoms with Crippen LogP contribution in [0.4, 0.5) is 0 Å². The Morgan fingerprint density at radius 3 is 2.64 bits per heavy atom. The molecule has 2 atom stereocenters. The zero-order valence-corrected chi connectivity index (χ0v) is 14.5. The third kappa shape index (κ3) is 5.37. The van der Waals surface area contributed by atoms with Crippen molar-refractivity contribution < 1.29 is 14.3 Å². The van der Waals surface area contributed by atoms with E-state index in [0.29, 0.717) is 13.1 Å². The lowest BCUT2D eigenvalue weighted by Gasteiger charge is -2.37. The third-order valence-corrected chi connectivity index (χ3v) is 4.62. The molecule has 1 saturated carbocycles. The molecule has 5 nitrogen and oxygen atoms in total. The molecule has 3 N–H and O–H groups in total. The minimum absolute atomic E-state index is 0. The molecule has 0 aromatic rings. The fourth-order valence-electron chi connectivity index (χ4n) is 3.32. The van der Waals surface area contributed by atoms with E-state index in [1.807, 2.05) is 0 Å². The molecule has 130 valence electrons. The molecule has 0 aromatic carbocycles. The van der Waals surface area contributed by atoms with E-state index in [0.717, 1.165) is 38.7 Å². The van der Waals surface area contributed by atoms with E-state index in [9.17, 15) is 4.79 Å². The largest absolute Gasteiger partial charge is 0.373 e. The lowest BCUT2D eigenvalue weighted by Crippen LogP contribution is -2.49. The minimum Gasteiger partial charge on any atom is -0.373 e. The number of carbonyl (C=O) groups excluding carboxylic acids is 1. The highest BCUT2D eigenvalue weighted by Gasteiger charge is 2.35. The first kappa shape index (κ1) is 19.7. The highest BCUT2D eigenvalue weighted by Crippen LogP contribution is 2.31. The van der Waals surface area contributed by atoms with Crippen LogP contribution < -0.4 is 11.1 Å². The molecular formula is C16H31ClN2O3. The number of rotatable bonds is 7. The maximum Gasteiger partial charge on any atom is 0.249 e. The lowest BCUT2D eigenvalue weighted by atomic mass is 9.84. The monoisotopic (exact) mass is 334 g/mol. The van der Waals surface area contributed by atoms with E-state index in [2.05, 4.69) is 12.2 Å². The molecule has 1 saturated heterocycles. The summed E-state index contributed by atoms with van der Waals surface area (Å²) in [4.78, 5) is 12.2. The molecule has 1 heterocycles. The Balaban J connectivity index is 0.00000242. The topological polar surface area (TPSA) is 73.6 Å². The van der Waals surface area contributed by atoms with Crippen molar-refractivity contribution >= 4 is 18.3 Å². The van der Waals surface area contributed by atoms with Gasteiger partial charge in [0.25, 0.3) is 0 Å². The number of halogens is 1. The van der Waals surface area contributed by atoms with E-state index in [1.165, 1.54) is 19.3 Å². The third-order valence-electron chi connectivity index (χ3n) is 4.62. The summed E-state index contributed by atoms with van der Waals surface area (Å²) in [5.74, 6) is -0.00371. The van der Waals surface area contributed by atoms with Crippen LogP contribution in [0.25, 0.3) is 0 Å². The van der Waals surface area contributed by atoms with Crippen molar-refractivity contribution in [1.82, 2.24) is 5.32 Å². The van der Waals surface area contributed by atoms with Crippen molar-refractivity contribution in [1.29, 1.82) is 0 Å². The van der Waals surface area contributed by atoms with E-state index < -0.39 is 0 Å². The van der Waals surface area contributed by atoms with Gasteiger partial charge in [-0.05, 0) is 32.1 Å². The molecule has 6 heteroatoms. The van der Waals surface area contributed by atoms with Crippen molar-refractivity contribution in [3.05, 3.63) is 0 Å². The lowest BCUT2D eigenvalue weighted by molar-refractivity contribution is -0.134. The number of nitrogens with one attached hydrogen (secondary N) is 1. The Hall–Kier alpha value is -0.360. The summed E-state index contributed by atoms with van der Waals surface area (Å²) in [5.41, 5.74) is 5.43. The summed E-state index contributed by atoms with van der Waals surface area (Å²) in [6.07, 6.45) is 8.13. The number of carbonyl (C=O) groups is 1. The van der Waals surface area contributed by atoms with Crippen LogP contribution in [0.5, 0.6) is 0 Å². The number of hydrogen-bond acceptors (Lipinski definition) is 4. The van der Waals surface area contributed by atoms with Crippen LogP contribution in [-0.4, -0.2) is 43.4 Å². The van der Waals surface area contributed by atoms with Gasteiger partial charge >= 0.3 is 0 Å². The summed E-state index contributed by atoms with van der Waals surface area (Å²) in [6.45, 7) is 3.99. The first-order valence-electron chi connectivity index (χ1n) is 8.46. The first-order chi connectivity index (χ1) is 10.2. The van der Waals surface area contributed by atoms with Crippen molar-refractivity contribution in [3.8, 4) is 0 Å². The van der Waals surface area contributed by atoms with Gasteiger partial charge in [-0.3, -0.25) is 4.79 Å². The SMILES string of the molecule is CCCOC1(CNC(=O)[C@@H]2CC[C@H](CN)O2)CCCCC1.Cl. The summed E-state index contributed by atoms with van der Waals surface area (Å²) in [5, 5.41) is 3.06. The van der Waals surface area contributed by atoms with Crippen molar-refractivity contribution in [3.63, 3.8) is 0 Å². The molecule has 2 aliphatic rings. The van der Waals surface area contributed by atoms with Crippen LogP contribution in [0.15, 0.2) is 0 Å². The highest BCUT2D eigenvalue weighted by atomic mass is 35.5. The number of amides is 1. The fraction of sp³-hybridized carbons (Fsp3) is 0.938. The molecule has 2 fully saturated rings. The molecule has 22 heavy (non-hydrogen) atoms. The van der Waals surface area contributed by atoms with Gasteiger partial charge in [-0.2, -0.15) is 0 Å². The van der Waals surface area contributed by atoms with E-state index >= 15 is 0 Å². The van der Waals surface area contributed by atoms with Gasteiger partial charge in [-0.25, -0.2) is 0 Å². The highest BCUT2D eigenvalue weighted by molar-refractivity contribution is 5.85. The van der Waals surface area contributed by atoms with Gasteiger partial charge in [0.15, 0.2) is 0 Å². The van der Waals surface area contributed by atoms with Crippen LogP contribution >= 0.6 is 12.4 Å². The van der Waals surface area contributed by atoms with Crippen LogP contribution in [0.1, 0.15) is 58.3 Å². The molecule has 0 spiro atoms. The summed E-state index contributed by atoms with van der Waals surface area (Å²) >= 11 is 0. The Labute approximate surface area is 140 Å². The maximum absolute atomic E-state index is 12.2. The summed E-state index contributed by atoms with van der Waals surface area (Å²) < 4.78 is 11.7. The van der Waals surface area contributed by atoms with Gasteiger partial charge in [0.2, 0.25) is 5.91 Å². The molecular weight excluding hydrogens is 304 g/mol. The Bertz CT molecular complexity index is 335. The maximum atomic E-state index is 12.2. The quantitative estimate of drug-likeness (QED) is 0.748. The van der Waals surface area contributed by atoms with Gasteiger partial charge in [0, 0.05) is 19.7 Å². The van der Waals surface area contributed by atoms with Crippen molar-refractivity contribution in [2.75, 3.05) is 19.7 Å². The van der Waals surface area contributed by atoms with Crippen LogP contribution in [0, 0.1) is 0 Å². The molecule has 2 rings (SSSR count). The number of ether oxygens (including phenoxy) is 2. The predicted octanol–water partition coefficient (Wildman–Crippen LogP) is 2.16. The van der Waals surface area contributed by atoms with Crippen molar-refractivity contribution in [2.45, 2.75) is 76.1 Å². The van der Waals surface area contributed by atoms with Gasteiger partial charge < -0.3 is 20.5 Å². The predicted molar refractivity (Wildman–Crippen MR) is 89.3 cm³/mol. The summed E-state index contributed by atoms with van der Waals surface area (Å²) in [6, 6.07) is 0. The Morgan fingerprint density at radius 2 is 2.05 bits per heavy atom. The summed E-state index contributed by atoms with van der Waals surface area (Å²) in [7, 11) is 0. The van der Waals surface area contributed by atoms with E-state index in [1.54, 1.807) is 0 Å². The normalized spacial score (nSPS) is 27.2. The average Bonchev–Trinajstić information content (AvgIpc) is 3.01. The second kappa shape index (κ2) is 9.71. The molecule has 1 amide bonds. The van der Waals surface area contributed by atoms with Gasteiger partial charge in [0.1, 0.15) is 6.10 Å². The zero-order chi connectivity index (χ0) is 15.1. The van der Waals surface area contributed by atoms with E-state index in [-0.39, 0.29) is 36.1 Å². The smallest absolute Gasteiger partial charge is 0.249 e. The molecule has 0 aromatic heterocycles. The van der Waals surface area contributed by atoms with Crippen LogP contribution in [0.2, 0.25) is 0 Å². The molecule has 0 unspecified atom stereocenters. The molecule has 1 aliphatic heterocycles. The standard InChI is InChI=1S/C16H30N2O3.ClH/c1-2-10-20-16(8-4-3-5-9-16)12-18-15(19)14-7-6-13(11-17)21-14;/h13-14H,2-12,17H2,1H3,(H,18,19);1H/t13-,14+;/m1./s1. The zero-order valence-electron chi connectivity index (χ0n) is 13.6. The average molecular weight is 335 g/mol. The molecule has 0 bridgehead atoms. The van der Waals surface area contributed by atoms with Crippen LogP contribution in [0.3, 0.4) is 0 Å².